The fraction of sp³-hybridized carbons (Fsp3) is 0.188. The van der Waals surface area contributed by atoms with Gasteiger partial charge in [-0.1, -0.05) is 11.8 Å². The third-order valence-electron chi connectivity index (χ3n) is 3.29. The van der Waals surface area contributed by atoms with Crippen molar-refractivity contribution in [3.05, 3.63) is 47.4 Å². The van der Waals surface area contributed by atoms with Crippen LogP contribution in [0.5, 0.6) is 0 Å². The molecule has 0 saturated heterocycles. The molecule has 2 heterocycles. The first-order valence-electron chi connectivity index (χ1n) is 7.15. The average molecular weight is 362 g/mol. The van der Waals surface area contributed by atoms with Crippen LogP contribution in [0.1, 0.15) is 4.88 Å². The van der Waals surface area contributed by atoms with Crippen molar-refractivity contribution in [3.63, 3.8) is 0 Å². The van der Waals surface area contributed by atoms with Gasteiger partial charge >= 0.3 is 0 Å². The van der Waals surface area contributed by atoms with E-state index in [4.69, 9.17) is 0 Å². The fourth-order valence-electron chi connectivity index (χ4n) is 2.11. The monoisotopic (exact) mass is 362 g/mol. The second-order valence-corrected chi connectivity index (χ2v) is 7.28. The topological polar surface area (TPSA) is 59.8 Å². The lowest BCUT2D eigenvalue weighted by molar-refractivity contribution is -0.113. The highest BCUT2D eigenvalue weighted by atomic mass is 32.2. The van der Waals surface area contributed by atoms with Gasteiger partial charge in [0.25, 0.3) is 0 Å². The van der Waals surface area contributed by atoms with Gasteiger partial charge in [-0.2, -0.15) is 0 Å². The number of halogens is 1. The molecule has 24 heavy (non-hydrogen) atoms. The van der Waals surface area contributed by atoms with Crippen LogP contribution in [0.15, 0.2) is 41.8 Å². The average Bonchev–Trinajstić information content (AvgIpc) is 3.12. The van der Waals surface area contributed by atoms with Crippen molar-refractivity contribution in [1.82, 2.24) is 14.5 Å². The summed E-state index contributed by atoms with van der Waals surface area (Å²) in [5, 5.41) is 4.09. The number of aromatic nitrogens is 3. The Morgan fingerprint density at radius 1 is 1.29 bits per heavy atom. The normalized spacial score (nSPS) is 10.8. The van der Waals surface area contributed by atoms with Crippen molar-refractivity contribution in [2.45, 2.75) is 12.1 Å². The summed E-state index contributed by atoms with van der Waals surface area (Å²) < 4.78 is 14.9. The summed E-state index contributed by atoms with van der Waals surface area (Å²) in [6.45, 7) is 1.94. The number of anilines is 1. The second-order valence-electron chi connectivity index (χ2n) is 5.10. The Kier molecular flexibility index (Phi) is 4.96. The van der Waals surface area contributed by atoms with Gasteiger partial charge < -0.3 is 9.88 Å². The number of nitrogens with one attached hydrogen (secondary N) is 1. The summed E-state index contributed by atoms with van der Waals surface area (Å²) in [5.41, 5.74) is 1.74. The standard InChI is InChI=1S/C16H15FN4OS2/c1-10-7-18-15(24-10)20-14(22)9-23-16-19-8-13(21(16)2)11-3-5-12(17)6-4-11/h3-8H,9H2,1-2H3,(H,18,20,22). The van der Waals surface area contributed by atoms with E-state index in [9.17, 15) is 9.18 Å². The van der Waals surface area contributed by atoms with Crippen LogP contribution in [0.3, 0.4) is 0 Å². The molecule has 1 amide bonds. The van der Waals surface area contributed by atoms with Crippen LogP contribution in [0, 0.1) is 12.7 Å². The van der Waals surface area contributed by atoms with E-state index in [0.717, 1.165) is 21.3 Å². The smallest absolute Gasteiger partial charge is 0.236 e. The summed E-state index contributed by atoms with van der Waals surface area (Å²) in [4.78, 5) is 21.5. The zero-order valence-corrected chi connectivity index (χ0v) is 14.7. The molecule has 0 atom stereocenters. The van der Waals surface area contributed by atoms with Gasteiger partial charge in [-0.05, 0) is 36.8 Å². The SMILES string of the molecule is Cc1cnc(NC(=O)CSc2ncc(-c3ccc(F)cc3)n2C)s1. The molecule has 5 nitrogen and oxygen atoms in total. The lowest BCUT2D eigenvalue weighted by atomic mass is 10.2. The number of benzene rings is 1. The highest BCUT2D eigenvalue weighted by Gasteiger charge is 2.12. The quantitative estimate of drug-likeness (QED) is 0.703. The lowest BCUT2D eigenvalue weighted by Gasteiger charge is -2.06. The number of rotatable bonds is 5. The third kappa shape index (κ3) is 3.82. The van der Waals surface area contributed by atoms with Gasteiger partial charge in [-0.15, -0.1) is 11.3 Å². The highest BCUT2D eigenvalue weighted by molar-refractivity contribution is 7.99. The number of carbonyl (C=O) groups is 1. The maximum absolute atomic E-state index is 13.0. The maximum atomic E-state index is 13.0. The van der Waals surface area contributed by atoms with E-state index >= 15 is 0 Å². The van der Waals surface area contributed by atoms with Gasteiger partial charge in [0.05, 0.1) is 17.6 Å². The van der Waals surface area contributed by atoms with Crippen LogP contribution < -0.4 is 5.32 Å². The Morgan fingerprint density at radius 3 is 2.71 bits per heavy atom. The van der Waals surface area contributed by atoms with Gasteiger partial charge in [0.2, 0.25) is 5.91 Å². The molecule has 2 aromatic heterocycles. The van der Waals surface area contributed by atoms with E-state index in [-0.39, 0.29) is 17.5 Å². The molecular formula is C16H15FN4OS2. The predicted molar refractivity (Wildman–Crippen MR) is 94.8 cm³/mol. The van der Waals surface area contributed by atoms with E-state index in [1.54, 1.807) is 24.5 Å². The molecule has 124 valence electrons. The number of hydrogen-bond acceptors (Lipinski definition) is 5. The second kappa shape index (κ2) is 7.14. The van der Waals surface area contributed by atoms with Crippen LogP contribution in [0.25, 0.3) is 11.3 Å². The Balaban J connectivity index is 1.63. The van der Waals surface area contributed by atoms with Gasteiger partial charge in [-0.3, -0.25) is 4.79 Å². The van der Waals surface area contributed by atoms with Crippen molar-refractivity contribution < 1.29 is 9.18 Å². The van der Waals surface area contributed by atoms with Crippen LogP contribution in [-0.4, -0.2) is 26.2 Å². The molecule has 0 spiro atoms. The van der Waals surface area contributed by atoms with Crippen molar-refractivity contribution in [2.24, 2.45) is 7.05 Å². The van der Waals surface area contributed by atoms with Gasteiger partial charge in [0, 0.05) is 18.1 Å². The van der Waals surface area contributed by atoms with Crippen LogP contribution >= 0.6 is 23.1 Å². The van der Waals surface area contributed by atoms with Gasteiger partial charge in [0.15, 0.2) is 10.3 Å². The molecule has 0 bridgehead atoms. The Morgan fingerprint density at radius 2 is 2.04 bits per heavy atom. The van der Waals surface area contributed by atoms with Crippen LogP contribution in [-0.2, 0) is 11.8 Å². The number of hydrogen-bond donors (Lipinski definition) is 1. The molecule has 1 N–H and O–H groups in total. The number of nitrogens with zero attached hydrogens (tertiary/aromatic N) is 3. The van der Waals surface area contributed by atoms with Crippen molar-refractivity contribution >= 4 is 34.1 Å². The molecule has 0 fully saturated rings. The Bertz CT molecular complexity index is 857. The van der Waals surface area contributed by atoms with Crippen molar-refractivity contribution in [2.75, 3.05) is 11.1 Å². The largest absolute Gasteiger partial charge is 0.322 e. The fourth-order valence-corrected chi connectivity index (χ4v) is 3.55. The molecule has 0 aliphatic carbocycles. The first-order valence-corrected chi connectivity index (χ1v) is 8.96. The number of aryl methyl sites for hydroxylation is 1. The highest BCUT2D eigenvalue weighted by Crippen LogP contribution is 2.25. The molecule has 0 radical (unpaired) electrons. The minimum absolute atomic E-state index is 0.124. The number of imidazole rings is 1. The molecule has 1 aromatic carbocycles. The predicted octanol–water partition coefficient (Wildman–Crippen LogP) is 3.72. The molecular weight excluding hydrogens is 347 g/mol. The van der Waals surface area contributed by atoms with E-state index in [1.165, 1.54) is 35.2 Å². The summed E-state index contributed by atoms with van der Waals surface area (Å²) in [5.74, 6) is -0.155. The van der Waals surface area contributed by atoms with Crippen LogP contribution in [0.4, 0.5) is 9.52 Å². The van der Waals surface area contributed by atoms with Crippen molar-refractivity contribution in [1.29, 1.82) is 0 Å². The van der Waals surface area contributed by atoms with Crippen molar-refractivity contribution in [3.8, 4) is 11.3 Å². The summed E-state index contributed by atoms with van der Waals surface area (Å²) >= 11 is 2.78. The van der Waals surface area contributed by atoms with E-state index in [2.05, 4.69) is 15.3 Å². The molecule has 0 unspecified atom stereocenters. The zero-order chi connectivity index (χ0) is 17.1. The lowest BCUT2D eigenvalue weighted by Crippen LogP contribution is -2.14. The van der Waals surface area contributed by atoms with E-state index < -0.39 is 0 Å². The van der Waals surface area contributed by atoms with Crippen LogP contribution in [0.2, 0.25) is 0 Å². The Hall–Kier alpha value is -2.19. The molecule has 3 rings (SSSR count). The number of carbonyl (C=O) groups excluding carboxylic acids is 1. The molecule has 0 aliphatic heterocycles. The maximum Gasteiger partial charge on any atom is 0.236 e. The molecule has 8 heteroatoms. The summed E-state index contributed by atoms with van der Waals surface area (Å²) in [7, 11) is 1.87. The molecule has 3 aromatic rings. The number of thiazole rings is 1. The minimum atomic E-state index is -0.274. The number of thioether (sulfide) groups is 1. The van der Waals surface area contributed by atoms with Gasteiger partial charge in [-0.25, -0.2) is 14.4 Å². The molecule has 0 aliphatic rings. The minimum Gasteiger partial charge on any atom is -0.322 e. The molecule has 0 saturated carbocycles. The first-order chi connectivity index (χ1) is 11.5. The summed E-state index contributed by atoms with van der Waals surface area (Å²) in [6, 6.07) is 6.24. The van der Waals surface area contributed by atoms with E-state index in [1.807, 2.05) is 18.5 Å². The third-order valence-corrected chi connectivity index (χ3v) is 5.16. The first kappa shape index (κ1) is 16.7. The van der Waals surface area contributed by atoms with E-state index in [0.29, 0.717) is 5.13 Å². The summed E-state index contributed by atoms with van der Waals surface area (Å²) in [6.07, 6.45) is 3.44. The zero-order valence-electron chi connectivity index (χ0n) is 13.1. The Labute approximate surface area is 147 Å². The number of amides is 1. The van der Waals surface area contributed by atoms with Gasteiger partial charge in [0.1, 0.15) is 5.82 Å².